The van der Waals surface area contributed by atoms with Crippen molar-refractivity contribution in [2.45, 2.75) is 24.5 Å². The average molecular weight is 346 g/mol. The minimum atomic E-state index is 0.0849. The normalized spacial score (nSPS) is 10.1. The van der Waals surface area contributed by atoms with E-state index in [4.69, 9.17) is 0 Å². The zero-order chi connectivity index (χ0) is 12.1. The summed E-state index contributed by atoms with van der Waals surface area (Å²) in [5, 5.41) is 1.07. The molecular weight excluding hydrogens is 332 g/mol. The van der Waals surface area contributed by atoms with Crippen molar-refractivity contribution in [1.82, 2.24) is 9.97 Å². The van der Waals surface area contributed by atoms with Gasteiger partial charge in [-0.25, -0.2) is 9.97 Å². The molecule has 0 unspecified atom stereocenters. The van der Waals surface area contributed by atoms with Gasteiger partial charge in [-0.3, -0.25) is 0 Å². The van der Waals surface area contributed by atoms with Crippen LogP contribution < -0.4 is 0 Å². The van der Waals surface area contributed by atoms with Gasteiger partial charge in [0.25, 0.3) is 0 Å². The Hall–Kier alpha value is -0.480. The fourth-order valence-corrected chi connectivity index (χ4v) is 1.74. The number of fused-ring (bicyclic) bond motifs is 1. The third-order valence-electron chi connectivity index (χ3n) is 1.94. The van der Waals surface area contributed by atoms with Crippen LogP contribution in [0.3, 0.4) is 0 Å². The van der Waals surface area contributed by atoms with Crippen LogP contribution in [0.5, 0.6) is 0 Å². The summed E-state index contributed by atoms with van der Waals surface area (Å²) in [6.07, 6.45) is 0. The first-order chi connectivity index (χ1) is 7.66. The molecule has 2 aromatic rings. The van der Waals surface area contributed by atoms with E-state index < -0.39 is 0 Å². The molecule has 0 spiro atoms. The zero-order valence-corrected chi connectivity index (χ0v) is 12.7. The fraction of sp³-hybridized carbons (Fsp3) is 0.333. The van der Waals surface area contributed by atoms with E-state index in [-0.39, 0.29) is 3.74 Å². The molecule has 0 bridgehead atoms. The van der Waals surface area contributed by atoms with E-state index in [1.807, 2.05) is 45.0 Å². The van der Waals surface area contributed by atoms with Crippen LogP contribution in [-0.4, -0.2) is 9.97 Å². The van der Waals surface area contributed by atoms with Crippen LogP contribution >= 0.6 is 31.9 Å². The van der Waals surface area contributed by atoms with Crippen LogP contribution in [0.4, 0.5) is 0 Å². The minimum Gasteiger partial charge on any atom is -0.233 e. The molecule has 2 rings (SSSR count). The Morgan fingerprint density at radius 1 is 1.00 bits per heavy atom. The van der Waals surface area contributed by atoms with E-state index >= 15 is 0 Å². The molecule has 2 nitrogen and oxygen atoms in total. The van der Waals surface area contributed by atoms with Crippen LogP contribution in [0.25, 0.3) is 11.0 Å². The zero-order valence-electron chi connectivity index (χ0n) is 9.54. The summed E-state index contributed by atoms with van der Waals surface area (Å²) >= 11 is 6.83. The van der Waals surface area contributed by atoms with Crippen molar-refractivity contribution in [2.75, 3.05) is 0 Å². The molecule has 4 heteroatoms. The van der Waals surface area contributed by atoms with Gasteiger partial charge >= 0.3 is 0 Å². The summed E-state index contributed by atoms with van der Waals surface area (Å²) in [4.78, 5) is 8.80. The molecule has 2 heterocycles. The molecule has 0 saturated heterocycles. The summed E-state index contributed by atoms with van der Waals surface area (Å²) in [5.74, 6) is 0. The number of aryl methyl sites for hydroxylation is 1. The molecule has 0 radical (unpaired) electrons. The molecule has 86 valence electrons. The highest BCUT2D eigenvalue weighted by Gasteiger charge is 2.05. The lowest BCUT2D eigenvalue weighted by Crippen LogP contribution is -1.91. The van der Waals surface area contributed by atoms with Gasteiger partial charge in [0.15, 0.2) is 5.65 Å². The lowest BCUT2D eigenvalue weighted by molar-refractivity contribution is 1.15. The van der Waals surface area contributed by atoms with Crippen molar-refractivity contribution in [1.29, 1.82) is 0 Å². The van der Waals surface area contributed by atoms with Crippen LogP contribution in [0.2, 0.25) is 0 Å². The summed E-state index contributed by atoms with van der Waals surface area (Å²) < 4.78 is 0.0849. The standard InChI is InChI=1S/C10H8Br2N2.C2H6/c1-6-2-3-7-4-5-8(9(11)12)14-10(7)13-6;1-2/h2-5,9H,1H3;1-2H3. The lowest BCUT2D eigenvalue weighted by atomic mass is 10.2. The Labute approximate surface area is 113 Å². The highest BCUT2D eigenvalue weighted by molar-refractivity contribution is 9.24. The van der Waals surface area contributed by atoms with E-state index in [2.05, 4.69) is 41.8 Å². The number of rotatable bonds is 1. The maximum absolute atomic E-state index is 4.43. The molecule has 16 heavy (non-hydrogen) atoms. The van der Waals surface area contributed by atoms with E-state index in [1.165, 1.54) is 0 Å². The molecule has 0 aliphatic heterocycles. The largest absolute Gasteiger partial charge is 0.233 e. The highest BCUT2D eigenvalue weighted by atomic mass is 79.9. The summed E-state index contributed by atoms with van der Waals surface area (Å²) in [6.45, 7) is 5.97. The Morgan fingerprint density at radius 2 is 1.62 bits per heavy atom. The SMILES string of the molecule is CC.Cc1ccc2ccc(C(Br)Br)nc2n1. The maximum Gasteiger partial charge on any atom is 0.159 e. The molecule has 0 aliphatic carbocycles. The number of hydrogen-bond acceptors (Lipinski definition) is 2. The monoisotopic (exact) mass is 344 g/mol. The molecule has 0 aliphatic rings. The third kappa shape index (κ3) is 3.25. The van der Waals surface area contributed by atoms with Crippen LogP contribution in [0.1, 0.15) is 29.0 Å². The number of aromatic nitrogens is 2. The molecule has 0 N–H and O–H groups in total. The second-order valence-electron chi connectivity index (χ2n) is 3.04. The lowest BCUT2D eigenvalue weighted by Gasteiger charge is -2.03. The second-order valence-corrected chi connectivity index (χ2v) is 6.10. The minimum absolute atomic E-state index is 0.0849. The third-order valence-corrected chi connectivity index (χ3v) is 2.87. The van der Waals surface area contributed by atoms with E-state index in [0.717, 1.165) is 22.4 Å². The molecule has 0 saturated carbocycles. The van der Waals surface area contributed by atoms with Crippen molar-refractivity contribution in [3.63, 3.8) is 0 Å². The average Bonchev–Trinajstić information content (AvgIpc) is 2.30. The van der Waals surface area contributed by atoms with Gasteiger partial charge in [-0.15, -0.1) is 0 Å². The maximum atomic E-state index is 4.43. The number of halogens is 2. The van der Waals surface area contributed by atoms with Gasteiger partial charge in [0.05, 0.1) is 5.69 Å². The molecule has 2 aromatic heterocycles. The molecule has 0 amide bonds. The van der Waals surface area contributed by atoms with Crippen molar-refractivity contribution < 1.29 is 0 Å². The Balaban J connectivity index is 0.000000606. The number of nitrogens with zero attached hydrogens (tertiary/aromatic N) is 2. The molecule has 0 atom stereocenters. The van der Waals surface area contributed by atoms with Gasteiger partial charge in [-0.1, -0.05) is 45.7 Å². The van der Waals surface area contributed by atoms with Crippen molar-refractivity contribution in [2.24, 2.45) is 0 Å². The number of pyridine rings is 2. The van der Waals surface area contributed by atoms with Gasteiger partial charge in [-0.2, -0.15) is 0 Å². The number of hydrogen-bond donors (Lipinski definition) is 0. The molecule has 0 aromatic carbocycles. The van der Waals surface area contributed by atoms with Crippen LogP contribution in [0.15, 0.2) is 24.3 Å². The highest BCUT2D eigenvalue weighted by Crippen LogP contribution is 2.28. The summed E-state index contributed by atoms with van der Waals surface area (Å²) in [5.41, 5.74) is 2.73. The predicted molar refractivity (Wildman–Crippen MR) is 76.2 cm³/mol. The van der Waals surface area contributed by atoms with Crippen molar-refractivity contribution in [3.8, 4) is 0 Å². The van der Waals surface area contributed by atoms with E-state index in [9.17, 15) is 0 Å². The van der Waals surface area contributed by atoms with E-state index in [0.29, 0.717) is 0 Å². The quantitative estimate of drug-likeness (QED) is 0.697. The topological polar surface area (TPSA) is 25.8 Å². The first kappa shape index (κ1) is 13.6. The van der Waals surface area contributed by atoms with Gasteiger partial charge in [0.1, 0.15) is 3.74 Å². The summed E-state index contributed by atoms with van der Waals surface area (Å²) in [7, 11) is 0. The Bertz CT molecular complexity index is 470. The second kappa shape index (κ2) is 6.30. The van der Waals surface area contributed by atoms with Crippen LogP contribution in [0, 0.1) is 6.92 Å². The first-order valence-corrected chi connectivity index (χ1v) is 7.02. The number of alkyl halides is 2. The van der Waals surface area contributed by atoms with Gasteiger partial charge in [0, 0.05) is 11.1 Å². The van der Waals surface area contributed by atoms with Crippen LogP contribution in [-0.2, 0) is 0 Å². The van der Waals surface area contributed by atoms with Crippen molar-refractivity contribution in [3.05, 3.63) is 35.7 Å². The van der Waals surface area contributed by atoms with Gasteiger partial charge in [-0.05, 0) is 31.2 Å². The summed E-state index contributed by atoms with van der Waals surface area (Å²) in [6, 6.07) is 8.03. The van der Waals surface area contributed by atoms with Crippen molar-refractivity contribution >= 4 is 42.9 Å². The Kier molecular flexibility index (Phi) is 5.35. The first-order valence-electron chi connectivity index (χ1n) is 5.19. The molecular formula is C12H14Br2N2. The predicted octanol–water partition coefficient (Wildman–Crippen LogP) is 4.75. The van der Waals surface area contributed by atoms with E-state index in [1.54, 1.807) is 0 Å². The Morgan fingerprint density at radius 3 is 2.25 bits per heavy atom. The van der Waals surface area contributed by atoms with Gasteiger partial charge < -0.3 is 0 Å². The smallest absolute Gasteiger partial charge is 0.159 e. The molecule has 0 fully saturated rings. The fourth-order valence-electron chi connectivity index (χ4n) is 1.23. The van der Waals surface area contributed by atoms with Gasteiger partial charge in [0.2, 0.25) is 0 Å².